The van der Waals surface area contributed by atoms with Crippen molar-refractivity contribution in [2.75, 3.05) is 13.1 Å². The van der Waals surface area contributed by atoms with Gasteiger partial charge >= 0.3 is 0 Å². The Morgan fingerprint density at radius 1 is 1.41 bits per heavy atom. The van der Waals surface area contributed by atoms with Gasteiger partial charge < -0.3 is 10.6 Å². The molecule has 0 atom stereocenters. The summed E-state index contributed by atoms with van der Waals surface area (Å²) in [6, 6.07) is 3.02. The maximum absolute atomic E-state index is 4.44. The number of nitrogens with one attached hydrogen (secondary N) is 2. The third-order valence-electron chi connectivity index (χ3n) is 3.24. The van der Waals surface area contributed by atoms with Crippen LogP contribution in [0.25, 0.3) is 0 Å². The molecule has 1 aliphatic carbocycles. The Kier molecular flexibility index (Phi) is 4.57. The Labute approximate surface area is 104 Å². The average Bonchev–Trinajstić information content (AvgIpc) is 3.08. The Bertz CT molecular complexity index is 341. The van der Waals surface area contributed by atoms with E-state index in [0.717, 1.165) is 32.1 Å². The summed E-state index contributed by atoms with van der Waals surface area (Å²) in [5.41, 5.74) is 2.46. The van der Waals surface area contributed by atoms with Crippen LogP contribution in [0.2, 0.25) is 0 Å². The van der Waals surface area contributed by atoms with Crippen molar-refractivity contribution < 1.29 is 0 Å². The lowest BCUT2D eigenvalue weighted by atomic mass is 10.3. The minimum Gasteiger partial charge on any atom is -0.314 e. The number of hydrogen-bond acceptors (Lipinski definition) is 3. The van der Waals surface area contributed by atoms with E-state index in [9.17, 15) is 0 Å². The third-order valence-corrected chi connectivity index (χ3v) is 3.24. The van der Waals surface area contributed by atoms with Gasteiger partial charge in [-0.25, -0.2) is 0 Å². The quantitative estimate of drug-likeness (QED) is 0.667. The van der Waals surface area contributed by atoms with E-state index in [2.05, 4.69) is 28.7 Å². The maximum atomic E-state index is 4.44. The van der Waals surface area contributed by atoms with Gasteiger partial charge in [0.1, 0.15) is 0 Å². The first-order valence-corrected chi connectivity index (χ1v) is 6.75. The Morgan fingerprint density at radius 2 is 2.24 bits per heavy atom. The molecule has 1 saturated carbocycles. The fourth-order valence-corrected chi connectivity index (χ4v) is 1.93. The smallest absolute Gasteiger partial charge is 0.0625 e. The normalized spacial score (nSPS) is 15.4. The van der Waals surface area contributed by atoms with E-state index in [1.165, 1.54) is 30.7 Å². The van der Waals surface area contributed by atoms with Crippen LogP contribution in [0.1, 0.15) is 37.6 Å². The minimum absolute atomic E-state index is 0.833. The predicted octanol–water partition coefficient (Wildman–Crippen LogP) is 1.21. The molecule has 0 unspecified atom stereocenters. The molecule has 0 saturated heterocycles. The van der Waals surface area contributed by atoms with Gasteiger partial charge in [-0.3, -0.25) is 4.68 Å². The molecular formula is C13H24N4. The van der Waals surface area contributed by atoms with Gasteiger partial charge in [-0.15, -0.1) is 0 Å². The summed E-state index contributed by atoms with van der Waals surface area (Å²) in [4.78, 5) is 0. The summed E-state index contributed by atoms with van der Waals surface area (Å²) < 4.78 is 1.98. The molecule has 1 aromatic heterocycles. The van der Waals surface area contributed by atoms with Gasteiger partial charge in [-0.2, -0.15) is 5.10 Å². The van der Waals surface area contributed by atoms with Crippen LogP contribution in [0, 0.1) is 0 Å². The van der Waals surface area contributed by atoms with Gasteiger partial charge in [0.15, 0.2) is 0 Å². The second-order valence-electron chi connectivity index (χ2n) is 4.86. The molecule has 4 nitrogen and oxygen atoms in total. The minimum atomic E-state index is 0.833. The lowest BCUT2D eigenvalue weighted by Gasteiger charge is -2.05. The second-order valence-corrected chi connectivity index (χ2v) is 4.86. The van der Waals surface area contributed by atoms with E-state index in [1.807, 2.05) is 11.7 Å². The van der Waals surface area contributed by atoms with Crippen LogP contribution >= 0.6 is 0 Å². The van der Waals surface area contributed by atoms with Gasteiger partial charge in [-0.05, 0) is 44.8 Å². The van der Waals surface area contributed by atoms with Crippen LogP contribution in [0.4, 0.5) is 0 Å². The van der Waals surface area contributed by atoms with Crippen molar-refractivity contribution in [2.45, 2.75) is 45.2 Å². The Morgan fingerprint density at radius 3 is 2.88 bits per heavy atom. The molecule has 0 aromatic carbocycles. The van der Waals surface area contributed by atoms with Gasteiger partial charge in [0.05, 0.1) is 11.4 Å². The fraction of sp³-hybridized carbons (Fsp3) is 0.769. The van der Waals surface area contributed by atoms with Crippen molar-refractivity contribution in [3.8, 4) is 0 Å². The van der Waals surface area contributed by atoms with Gasteiger partial charge in [-0.1, -0.05) is 6.92 Å². The molecule has 1 heterocycles. The van der Waals surface area contributed by atoms with Crippen molar-refractivity contribution in [1.29, 1.82) is 0 Å². The van der Waals surface area contributed by atoms with E-state index >= 15 is 0 Å². The Balaban J connectivity index is 1.58. The van der Waals surface area contributed by atoms with Crippen molar-refractivity contribution >= 4 is 0 Å². The molecule has 0 aliphatic heterocycles. The zero-order valence-corrected chi connectivity index (χ0v) is 11.0. The highest BCUT2D eigenvalue weighted by Gasteiger charge is 2.19. The topological polar surface area (TPSA) is 41.9 Å². The van der Waals surface area contributed by atoms with Crippen LogP contribution < -0.4 is 10.6 Å². The van der Waals surface area contributed by atoms with Crippen molar-refractivity contribution in [3.63, 3.8) is 0 Å². The highest BCUT2D eigenvalue weighted by molar-refractivity contribution is 5.09. The third kappa shape index (κ3) is 4.13. The SMILES string of the molecule is CCc1cc(CNCCCNC2CC2)n(C)n1. The molecule has 1 aliphatic rings. The van der Waals surface area contributed by atoms with Gasteiger partial charge in [0.2, 0.25) is 0 Å². The van der Waals surface area contributed by atoms with Crippen molar-refractivity contribution in [1.82, 2.24) is 20.4 Å². The molecule has 1 fully saturated rings. The number of rotatable bonds is 8. The number of aryl methyl sites for hydroxylation is 2. The fourth-order valence-electron chi connectivity index (χ4n) is 1.93. The number of hydrogen-bond donors (Lipinski definition) is 2. The molecule has 4 heteroatoms. The van der Waals surface area contributed by atoms with Gasteiger partial charge in [0, 0.05) is 19.6 Å². The van der Waals surface area contributed by atoms with E-state index in [4.69, 9.17) is 0 Å². The highest BCUT2D eigenvalue weighted by Crippen LogP contribution is 2.18. The lowest BCUT2D eigenvalue weighted by Crippen LogP contribution is -2.23. The van der Waals surface area contributed by atoms with Crippen molar-refractivity contribution in [2.24, 2.45) is 7.05 Å². The van der Waals surface area contributed by atoms with E-state index < -0.39 is 0 Å². The summed E-state index contributed by atoms with van der Waals surface area (Å²) >= 11 is 0. The first-order chi connectivity index (χ1) is 8.29. The molecule has 0 radical (unpaired) electrons. The monoisotopic (exact) mass is 236 g/mol. The molecular weight excluding hydrogens is 212 g/mol. The number of nitrogens with zero attached hydrogens (tertiary/aromatic N) is 2. The molecule has 0 amide bonds. The molecule has 2 rings (SSSR count). The van der Waals surface area contributed by atoms with Crippen LogP contribution in [0.5, 0.6) is 0 Å². The standard InChI is InChI=1S/C13H24N4/c1-3-11-9-13(17(2)16-11)10-14-7-4-8-15-12-5-6-12/h9,12,14-15H,3-8,10H2,1-2H3. The zero-order chi connectivity index (χ0) is 12.1. The summed E-state index contributed by atoms with van der Waals surface area (Å²) in [7, 11) is 2.02. The molecule has 0 bridgehead atoms. The van der Waals surface area contributed by atoms with E-state index in [-0.39, 0.29) is 0 Å². The summed E-state index contributed by atoms with van der Waals surface area (Å²) in [6.07, 6.45) is 4.97. The van der Waals surface area contributed by atoms with Crippen LogP contribution in [0.15, 0.2) is 6.07 Å². The molecule has 2 N–H and O–H groups in total. The lowest BCUT2D eigenvalue weighted by molar-refractivity contribution is 0.575. The van der Waals surface area contributed by atoms with Crippen LogP contribution in [-0.4, -0.2) is 28.9 Å². The van der Waals surface area contributed by atoms with Crippen LogP contribution in [0.3, 0.4) is 0 Å². The zero-order valence-electron chi connectivity index (χ0n) is 11.0. The maximum Gasteiger partial charge on any atom is 0.0625 e. The first kappa shape index (κ1) is 12.6. The molecule has 1 aromatic rings. The van der Waals surface area contributed by atoms with E-state index in [0.29, 0.717) is 0 Å². The number of aromatic nitrogens is 2. The summed E-state index contributed by atoms with van der Waals surface area (Å²) in [5, 5.41) is 11.4. The molecule has 96 valence electrons. The first-order valence-electron chi connectivity index (χ1n) is 6.75. The van der Waals surface area contributed by atoms with Crippen LogP contribution in [-0.2, 0) is 20.0 Å². The van der Waals surface area contributed by atoms with Gasteiger partial charge in [0.25, 0.3) is 0 Å². The molecule has 17 heavy (non-hydrogen) atoms. The summed E-state index contributed by atoms with van der Waals surface area (Å²) in [5.74, 6) is 0. The highest BCUT2D eigenvalue weighted by atomic mass is 15.3. The second kappa shape index (κ2) is 6.17. The average molecular weight is 236 g/mol. The molecule has 0 spiro atoms. The summed E-state index contributed by atoms with van der Waals surface area (Å²) in [6.45, 7) is 5.28. The van der Waals surface area contributed by atoms with Crippen molar-refractivity contribution in [3.05, 3.63) is 17.5 Å². The van der Waals surface area contributed by atoms with E-state index in [1.54, 1.807) is 0 Å². The largest absolute Gasteiger partial charge is 0.314 e. The Hall–Kier alpha value is -0.870. The predicted molar refractivity (Wildman–Crippen MR) is 69.9 cm³/mol.